The van der Waals surface area contributed by atoms with Crippen molar-refractivity contribution in [1.29, 1.82) is 0 Å². The first-order valence-corrected chi connectivity index (χ1v) is 9.44. The summed E-state index contributed by atoms with van der Waals surface area (Å²) in [6, 6.07) is 10.3. The van der Waals surface area contributed by atoms with Gasteiger partial charge in [-0.25, -0.2) is 0 Å². The summed E-state index contributed by atoms with van der Waals surface area (Å²) < 4.78 is 6.35. The first-order valence-electron chi connectivity index (χ1n) is 9.44. The van der Waals surface area contributed by atoms with E-state index in [1.807, 2.05) is 6.07 Å². The first kappa shape index (κ1) is 19.1. The summed E-state index contributed by atoms with van der Waals surface area (Å²) in [7, 11) is 0. The third-order valence-electron chi connectivity index (χ3n) is 4.48. The second-order valence-electron chi connectivity index (χ2n) is 6.84. The van der Waals surface area contributed by atoms with Crippen molar-refractivity contribution in [3.05, 3.63) is 30.3 Å². The Bertz CT molecular complexity index is 359. The van der Waals surface area contributed by atoms with Gasteiger partial charge >= 0.3 is 0 Å². The van der Waals surface area contributed by atoms with Gasteiger partial charge in [-0.1, -0.05) is 77.0 Å². The zero-order chi connectivity index (χ0) is 16.1. The van der Waals surface area contributed by atoms with Crippen LogP contribution in [0.1, 0.15) is 91.4 Å². The van der Waals surface area contributed by atoms with Crippen molar-refractivity contribution in [2.75, 3.05) is 0 Å². The van der Waals surface area contributed by atoms with Gasteiger partial charge in [-0.2, -0.15) is 0 Å². The maximum Gasteiger partial charge on any atom is 0.120 e. The van der Waals surface area contributed by atoms with Crippen LogP contribution in [0.3, 0.4) is 0 Å². The molecule has 0 aromatic heterocycles. The molecule has 1 heteroatoms. The Labute approximate surface area is 138 Å². The van der Waals surface area contributed by atoms with Crippen molar-refractivity contribution in [2.24, 2.45) is 0 Å². The summed E-state index contributed by atoms with van der Waals surface area (Å²) in [5, 5.41) is 0. The Morgan fingerprint density at radius 1 is 0.727 bits per heavy atom. The zero-order valence-electron chi connectivity index (χ0n) is 15.1. The number of unbranched alkanes of at least 4 members (excludes halogenated alkanes) is 7. The van der Waals surface area contributed by atoms with Gasteiger partial charge in [-0.15, -0.1) is 0 Å². The molecule has 0 heterocycles. The van der Waals surface area contributed by atoms with E-state index in [1.165, 1.54) is 64.2 Å². The summed E-state index contributed by atoms with van der Waals surface area (Å²) in [5.41, 5.74) is 0.000776. The molecule has 0 aliphatic rings. The van der Waals surface area contributed by atoms with E-state index in [0.717, 1.165) is 12.2 Å². The molecule has 0 bridgehead atoms. The van der Waals surface area contributed by atoms with Crippen LogP contribution in [0.15, 0.2) is 30.3 Å². The van der Waals surface area contributed by atoms with Gasteiger partial charge in [0, 0.05) is 0 Å². The molecule has 1 aromatic rings. The fourth-order valence-corrected chi connectivity index (χ4v) is 3.01. The van der Waals surface area contributed by atoms with Gasteiger partial charge in [0.2, 0.25) is 0 Å². The molecule has 1 nitrogen and oxygen atoms in total. The molecule has 0 spiro atoms. The van der Waals surface area contributed by atoms with Crippen LogP contribution in [0.2, 0.25) is 0 Å². The van der Waals surface area contributed by atoms with E-state index < -0.39 is 0 Å². The number of hydrogen-bond donors (Lipinski definition) is 0. The van der Waals surface area contributed by atoms with E-state index in [0.29, 0.717) is 0 Å². The van der Waals surface area contributed by atoms with Crippen molar-refractivity contribution >= 4 is 0 Å². The largest absolute Gasteiger partial charge is 0.488 e. The molecule has 0 aliphatic heterocycles. The SMILES string of the molecule is CCCCCCCCCC(C)(CCCC)Oc1ccccc1. The number of rotatable bonds is 13. The molecule has 1 atom stereocenters. The van der Waals surface area contributed by atoms with E-state index in [-0.39, 0.29) is 5.60 Å². The molecule has 1 unspecified atom stereocenters. The highest BCUT2D eigenvalue weighted by Gasteiger charge is 2.25. The monoisotopic (exact) mass is 304 g/mol. The van der Waals surface area contributed by atoms with Crippen molar-refractivity contribution < 1.29 is 4.74 Å². The molecular weight excluding hydrogens is 268 g/mol. The lowest BCUT2D eigenvalue weighted by Gasteiger charge is -2.31. The smallest absolute Gasteiger partial charge is 0.120 e. The van der Waals surface area contributed by atoms with Gasteiger partial charge in [-0.3, -0.25) is 0 Å². The van der Waals surface area contributed by atoms with E-state index >= 15 is 0 Å². The second-order valence-corrected chi connectivity index (χ2v) is 6.84. The lowest BCUT2D eigenvalue weighted by molar-refractivity contribution is 0.0642. The maximum absolute atomic E-state index is 6.35. The van der Waals surface area contributed by atoms with Gasteiger partial charge in [0.1, 0.15) is 11.4 Å². The van der Waals surface area contributed by atoms with Crippen LogP contribution in [-0.4, -0.2) is 5.60 Å². The molecule has 0 aliphatic carbocycles. The van der Waals surface area contributed by atoms with Crippen LogP contribution < -0.4 is 4.74 Å². The second kappa shape index (κ2) is 11.6. The molecule has 0 saturated carbocycles. The minimum Gasteiger partial charge on any atom is -0.488 e. The summed E-state index contributed by atoms with van der Waals surface area (Å²) in [6.45, 7) is 6.84. The molecule has 1 aromatic carbocycles. The van der Waals surface area contributed by atoms with Crippen molar-refractivity contribution in [3.8, 4) is 5.75 Å². The van der Waals surface area contributed by atoms with Crippen molar-refractivity contribution in [1.82, 2.24) is 0 Å². The number of para-hydroxylation sites is 1. The van der Waals surface area contributed by atoms with Crippen LogP contribution in [0.5, 0.6) is 5.75 Å². The molecule has 126 valence electrons. The highest BCUT2D eigenvalue weighted by atomic mass is 16.5. The maximum atomic E-state index is 6.35. The minimum absolute atomic E-state index is 0.000776. The van der Waals surface area contributed by atoms with E-state index in [2.05, 4.69) is 45.0 Å². The van der Waals surface area contributed by atoms with Crippen LogP contribution in [0, 0.1) is 0 Å². The molecule has 0 radical (unpaired) electrons. The number of ether oxygens (including phenoxy) is 1. The molecule has 0 fully saturated rings. The topological polar surface area (TPSA) is 9.23 Å². The van der Waals surface area contributed by atoms with Crippen molar-refractivity contribution in [2.45, 2.75) is 97.0 Å². The highest BCUT2D eigenvalue weighted by molar-refractivity contribution is 5.21. The van der Waals surface area contributed by atoms with Gasteiger partial charge < -0.3 is 4.74 Å². The van der Waals surface area contributed by atoms with Crippen molar-refractivity contribution in [3.63, 3.8) is 0 Å². The summed E-state index contributed by atoms with van der Waals surface area (Å²) in [6.07, 6.45) is 14.4. The highest BCUT2D eigenvalue weighted by Crippen LogP contribution is 2.28. The average Bonchev–Trinajstić information content (AvgIpc) is 2.53. The Hall–Kier alpha value is -0.980. The fourth-order valence-electron chi connectivity index (χ4n) is 3.01. The van der Waals surface area contributed by atoms with E-state index in [1.54, 1.807) is 0 Å². The molecule has 22 heavy (non-hydrogen) atoms. The van der Waals surface area contributed by atoms with Gasteiger partial charge in [-0.05, 0) is 44.7 Å². The third kappa shape index (κ3) is 8.46. The predicted octanol–water partition coefficient (Wildman–Crippen LogP) is 7.16. The summed E-state index contributed by atoms with van der Waals surface area (Å²) in [4.78, 5) is 0. The Kier molecular flexibility index (Phi) is 10.0. The lowest BCUT2D eigenvalue weighted by atomic mass is 9.91. The van der Waals surface area contributed by atoms with E-state index in [4.69, 9.17) is 4.74 Å². The molecule has 0 amide bonds. The standard InChI is InChI=1S/C21H36O/c1-4-6-8-9-10-11-15-19-21(3,18-7-5-2)22-20-16-13-12-14-17-20/h12-14,16-17H,4-11,15,18-19H2,1-3H3. The quantitative estimate of drug-likeness (QED) is 0.351. The zero-order valence-corrected chi connectivity index (χ0v) is 15.1. The van der Waals surface area contributed by atoms with Crippen LogP contribution in [0.25, 0.3) is 0 Å². The fraction of sp³-hybridized carbons (Fsp3) is 0.714. The minimum atomic E-state index is 0.000776. The summed E-state index contributed by atoms with van der Waals surface area (Å²) in [5.74, 6) is 1.02. The molecule has 0 N–H and O–H groups in total. The number of benzene rings is 1. The normalized spacial score (nSPS) is 13.8. The first-order chi connectivity index (χ1) is 10.7. The third-order valence-corrected chi connectivity index (χ3v) is 4.48. The van der Waals surface area contributed by atoms with Crippen LogP contribution >= 0.6 is 0 Å². The summed E-state index contributed by atoms with van der Waals surface area (Å²) >= 11 is 0. The van der Waals surface area contributed by atoms with Crippen LogP contribution in [0.4, 0.5) is 0 Å². The Morgan fingerprint density at radius 2 is 1.27 bits per heavy atom. The number of hydrogen-bond acceptors (Lipinski definition) is 1. The molecule has 1 rings (SSSR count). The predicted molar refractivity (Wildman–Crippen MR) is 97.6 cm³/mol. The van der Waals surface area contributed by atoms with Gasteiger partial charge in [0.25, 0.3) is 0 Å². The Morgan fingerprint density at radius 3 is 1.91 bits per heavy atom. The van der Waals surface area contributed by atoms with Gasteiger partial charge in [0.05, 0.1) is 0 Å². The lowest BCUT2D eigenvalue weighted by Crippen LogP contribution is -2.32. The van der Waals surface area contributed by atoms with Crippen LogP contribution in [-0.2, 0) is 0 Å². The molecular formula is C21H36O. The Balaban J connectivity index is 2.35. The van der Waals surface area contributed by atoms with Gasteiger partial charge in [0.15, 0.2) is 0 Å². The molecule has 0 saturated heterocycles. The average molecular weight is 305 g/mol. The van der Waals surface area contributed by atoms with E-state index in [9.17, 15) is 0 Å².